The van der Waals surface area contributed by atoms with Gasteiger partial charge in [0.2, 0.25) is 5.78 Å². The second-order valence-corrected chi connectivity index (χ2v) is 10.4. The lowest BCUT2D eigenvalue weighted by Gasteiger charge is -2.37. The number of benzene rings is 2. The van der Waals surface area contributed by atoms with E-state index in [9.17, 15) is 13.2 Å². The molecule has 0 N–H and O–H groups in total. The van der Waals surface area contributed by atoms with Crippen molar-refractivity contribution >= 4 is 15.9 Å². The van der Waals surface area contributed by atoms with Crippen LogP contribution >= 0.6 is 0 Å². The molecule has 0 fully saturated rings. The summed E-state index contributed by atoms with van der Waals surface area (Å²) >= 11 is 0. The molecule has 2 aliphatic rings. The van der Waals surface area contributed by atoms with Gasteiger partial charge in [0, 0.05) is 11.1 Å². The Morgan fingerprint density at radius 3 is 2.44 bits per heavy atom. The van der Waals surface area contributed by atoms with E-state index < -0.39 is 21.7 Å². The van der Waals surface area contributed by atoms with E-state index in [1.165, 1.54) is 18.2 Å². The molecule has 1 atom stereocenters. The van der Waals surface area contributed by atoms with Gasteiger partial charge in [0.25, 0.3) is 5.79 Å². The Kier molecular flexibility index (Phi) is 7.29. The summed E-state index contributed by atoms with van der Waals surface area (Å²) in [6, 6.07) is 15.7. The van der Waals surface area contributed by atoms with Crippen molar-refractivity contribution in [3.05, 3.63) is 118 Å². The summed E-state index contributed by atoms with van der Waals surface area (Å²) in [7, 11) is -4.20. The van der Waals surface area contributed by atoms with Crippen LogP contribution in [0.5, 0.6) is 0 Å². The Morgan fingerprint density at radius 2 is 1.75 bits per heavy atom. The van der Waals surface area contributed by atoms with Gasteiger partial charge in [-0.1, -0.05) is 54.6 Å². The van der Waals surface area contributed by atoms with E-state index in [0.717, 1.165) is 16.7 Å². The lowest BCUT2D eigenvalue weighted by atomic mass is 9.85. The molecular formula is C29H28O6S. The van der Waals surface area contributed by atoms with Gasteiger partial charge >= 0.3 is 10.1 Å². The zero-order valence-corrected chi connectivity index (χ0v) is 21.4. The van der Waals surface area contributed by atoms with Crippen molar-refractivity contribution in [3.63, 3.8) is 0 Å². The van der Waals surface area contributed by atoms with Crippen LogP contribution in [0.3, 0.4) is 0 Å². The summed E-state index contributed by atoms with van der Waals surface area (Å²) in [6.07, 6.45) is 3.52. The van der Waals surface area contributed by atoms with Crippen molar-refractivity contribution in [2.75, 3.05) is 6.61 Å². The summed E-state index contributed by atoms with van der Waals surface area (Å²) in [5.74, 6) is -2.39. The molecule has 0 saturated heterocycles. The van der Waals surface area contributed by atoms with Gasteiger partial charge in [-0.25, -0.2) is 0 Å². The van der Waals surface area contributed by atoms with Crippen molar-refractivity contribution in [1.82, 2.24) is 0 Å². The molecule has 36 heavy (non-hydrogen) atoms. The van der Waals surface area contributed by atoms with E-state index in [1.807, 2.05) is 44.2 Å². The highest BCUT2D eigenvalue weighted by atomic mass is 32.2. The molecule has 0 amide bonds. The number of hydrogen-bond donors (Lipinski definition) is 0. The first kappa shape index (κ1) is 25.6. The van der Waals surface area contributed by atoms with Gasteiger partial charge in [0.1, 0.15) is 10.7 Å². The molecule has 0 radical (unpaired) electrons. The van der Waals surface area contributed by atoms with Crippen molar-refractivity contribution in [2.45, 2.75) is 44.5 Å². The molecule has 7 heteroatoms. The SMILES string of the molecule is C=C1CC=C=C(C)CO[C@]2(OCc3ccccc3)C(=O)C1=CC(OS(=O)(=O)c1ccc(C)cc1)=C2C. The highest BCUT2D eigenvalue weighted by Gasteiger charge is 2.50. The smallest absolute Gasteiger partial charge is 0.339 e. The number of rotatable bonds is 6. The summed E-state index contributed by atoms with van der Waals surface area (Å²) in [4.78, 5) is 13.9. The van der Waals surface area contributed by atoms with Crippen LogP contribution in [0.2, 0.25) is 0 Å². The Morgan fingerprint density at radius 1 is 1.06 bits per heavy atom. The summed E-state index contributed by atoms with van der Waals surface area (Å²) < 4.78 is 44.3. The van der Waals surface area contributed by atoms with Crippen LogP contribution in [0.1, 0.15) is 31.4 Å². The maximum atomic E-state index is 13.9. The quantitative estimate of drug-likeness (QED) is 0.383. The van der Waals surface area contributed by atoms with Gasteiger partial charge in [0.05, 0.1) is 13.2 Å². The minimum Gasteiger partial charge on any atom is -0.379 e. The topological polar surface area (TPSA) is 78.9 Å². The van der Waals surface area contributed by atoms with Gasteiger partial charge in [-0.3, -0.25) is 4.79 Å². The third-order valence-corrected chi connectivity index (χ3v) is 7.29. The second-order valence-electron chi connectivity index (χ2n) is 8.84. The minimum absolute atomic E-state index is 0.00127. The maximum absolute atomic E-state index is 13.9. The van der Waals surface area contributed by atoms with Gasteiger partial charge in [-0.2, -0.15) is 8.42 Å². The van der Waals surface area contributed by atoms with Crippen molar-refractivity contribution in [3.8, 4) is 0 Å². The predicted octanol–water partition coefficient (Wildman–Crippen LogP) is 5.47. The number of hydrogen-bond acceptors (Lipinski definition) is 6. The predicted molar refractivity (Wildman–Crippen MR) is 136 cm³/mol. The molecule has 0 saturated carbocycles. The van der Waals surface area contributed by atoms with Crippen LogP contribution in [0.15, 0.2) is 112 Å². The van der Waals surface area contributed by atoms with E-state index in [2.05, 4.69) is 12.3 Å². The van der Waals surface area contributed by atoms with E-state index in [0.29, 0.717) is 12.0 Å². The van der Waals surface area contributed by atoms with Crippen LogP contribution in [0, 0.1) is 6.92 Å². The standard InChI is InChI=1S/C29H28O6S/c1-20-13-15-25(16-14-20)36(31,32)35-27-17-26-22(3)10-8-9-21(2)18-33-29(23(27)4,28(26)30)34-19-24-11-6-5-7-12-24/h5-8,11-17H,3,10,18-19H2,1-2,4H3/t9?,29-/m1/s1. The second kappa shape index (κ2) is 10.2. The third-order valence-electron chi connectivity index (χ3n) is 6.05. The van der Waals surface area contributed by atoms with E-state index in [4.69, 9.17) is 13.7 Å². The molecule has 4 rings (SSSR count). The highest BCUT2D eigenvalue weighted by Crippen LogP contribution is 2.40. The average molecular weight is 505 g/mol. The average Bonchev–Trinajstić information content (AvgIpc) is 2.85. The van der Waals surface area contributed by atoms with Crippen molar-refractivity contribution in [1.29, 1.82) is 0 Å². The first-order valence-electron chi connectivity index (χ1n) is 11.5. The lowest BCUT2D eigenvalue weighted by Crippen LogP contribution is -2.49. The number of ketones is 1. The monoisotopic (exact) mass is 504 g/mol. The molecule has 0 unspecified atom stereocenters. The van der Waals surface area contributed by atoms with Gasteiger partial charge in [-0.05, 0) is 68.2 Å². The lowest BCUT2D eigenvalue weighted by molar-refractivity contribution is -0.210. The molecule has 0 spiro atoms. The normalized spacial score (nSPS) is 20.6. The van der Waals surface area contributed by atoms with Crippen LogP contribution in [-0.4, -0.2) is 26.6 Å². The van der Waals surface area contributed by atoms with Crippen LogP contribution in [-0.2, 0) is 35.2 Å². The number of aryl methyl sites for hydroxylation is 1. The van der Waals surface area contributed by atoms with E-state index in [1.54, 1.807) is 25.1 Å². The van der Waals surface area contributed by atoms with Crippen LogP contribution in [0.25, 0.3) is 0 Å². The summed E-state index contributed by atoms with van der Waals surface area (Å²) in [5, 5.41) is 0. The molecule has 2 bridgehead atoms. The Bertz CT molecular complexity index is 1420. The molecule has 2 aromatic carbocycles. The van der Waals surface area contributed by atoms with Crippen molar-refractivity contribution < 1.29 is 26.9 Å². The van der Waals surface area contributed by atoms with Crippen LogP contribution < -0.4 is 0 Å². The number of Topliss-reactive ketones (excluding diaryl/α,β-unsaturated/α-hetero) is 1. The fourth-order valence-corrected chi connectivity index (χ4v) is 4.87. The molecule has 186 valence electrons. The summed E-state index contributed by atoms with van der Waals surface area (Å²) in [6.45, 7) is 9.43. The number of allylic oxidation sites excluding steroid dienone is 2. The zero-order valence-electron chi connectivity index (χ0n) is 20.5. The fraction of sp³-hybridized carbons (Fsp3) is 0.241. The molecule has 1 aliphatic carbocycles. The number of carbonyl (C=O) groups is 1. The third kappa shape index (κ3) is 5.20. The van der Waals surface area contributed by atoms with Gasteiger partial charge in [-0.15, -0.1) is 5.73 Å². The Balaban J connectivity index is 1.82. The van der Waals surface area contributed by atoms with E-state index in [-0.39, 0.29) is 35.0 Å². The van der Waals surface area contributed by atoms with Gasteiger partial charge in [0.15, 0.2) is 0 Å². The molecule has 2 aromatic rings. The maximum Gasteiger partial charge on any atom is 0.339 e. The molecule has 1 heterocycles. The first-order chi connectivity index (χ1) is 17.1. The Hall–Kier alpha value is -3.48. The number of fused-ring (bicyclic) bond motifs is 2. The highest BCUT2D eigenvalue weighted by molar-refractivity contribution is 7.86. The minimum atomic E-state index is -4.20. The molecule has 0 aromatic heterocycles. The molecule has 1 aliphatic heterocycles. The molecule has 6 nitrogen and oxygen atoms in total. The van der Waals surface area contributed by atoms with Crippen LogP contribution in [0.4, 0.5) is 0 Å². The zero-order chi connectivity index (χ0) is 25.9. The summed E-state index contributed by atoms with van der Waals surface area (Å²) in [5.41, 5.74) is 6.48. The Labute approximate surface area is 212 Å². The van der Waals surface area contributed by atoms with E-state index >= 15 is 0 Å². The largest absolute Gasteiger partial charge is 0.379 e. The molecular weight excluding hydrogens is 476 g/mol. The number of carbonyl (C=O) groups excluding carboxylic acids is 1. The first-order valence-corrected chi connectivity index (χ1v) is 12.9. The number of ether oxygens (including phenoxy) is 2. The van der Waals surface area contributed by atoms with Gasteiger partial charge < -0.3 is 13.7 Å². The fourth-order valence-electron chi connectivity index (χ4n) is 3.89. The van der Waals surface area contributed by atoms with Crippen molar-refractivity contribution in [2.24, 2.45) is 0 Å².